The first-order chi connectivity index (χ1) is 19.3. The maximum absolute atomic E-state index is 13.5. The molecule has 0 radical (unpaired) electrons. The fraction of sp³-hybridized carbons (Fsp3) is 0.138. The minimum atomic E-state index is -1.09. The van der Waals surface area contributed by atoms with E-state index in [-0.39, 0.29) is 31.0 Å². The van der Waals surface area contributed by atoms with E-state index in [1.54, 1.807) is 30.6 Å². The van der Waals surface area contributed by atoms with Crippen molar-refractivity contribution in [2.45, 2.75) is 12.5 Å². The standard InChI is InChI=1S/C29H24ClN5O5/c30-21-8-11-23(20-14-31-32-15-20)24(13-21)34-16-27(37)35(17-26(34)36)25(12-18-4-2-1-3-5-18)28(38)33-22-9-6-19(7-10-22)29(39)40/h1-11,13-15,25H,12,16-17H2,(H,31,32)(H,33,38)(H,39,40). The molecule has 1 aliphatic rings. The largest absolute Gasteiger partial charge is 0.478 e. The number of hydrogen-bond acceptors (Lipinski definition) is 5. The molecule has 1 aromatic heterocycles. The van der Waals surface area contributed by atoms with Crippen molar-refractivity contribution in [3.63, 3.8) is 0 Å². The van der Waals surface area contributed by atoms with Gasteiger partial charge in [0.15, 0.2) is 0 Å². The fourth-order valence-corrected chi connectivity index (χ4v) is 4.78. The summed E-state index contributed by atoms with van der Waals surface area (Å²) in [7, 11) is 0. The molecule has 0 spiro atoms. The molecule has 0 bridgehead atoms. The van der Waals surface area contributed by atoms with Gasteiger partial charge in [0, 0.05) is 34.5 Å². The van der Waals surface area contributed by atoms with Crippen LogP contribution >= 0.6 is 11.6 Å². The number of aromatic amines is 1. The Morgan fingerprint density at radius 1 is 1.00 bits per heavy atom. The molecule has 11 heteroatoms. The first-order valence-corrected chi connectivity index (χ1v) is 12.7. The van der Waals surface area contributed by atoms with Crippen LogP contribution in [-0.2, 0) is 20.8 Å². The summed E-state index contributed by atoms with van der Waals surface area (Å²) in [6.07, 6.45) is 3.47. The highest BCUT2D eigenvalue weighted by atomic mass is 35.5. The average molecular weight is 558 g/mol. The molecule has 5 rings (SSSR count). The summed E-state index contributed by atoms with van der Waals surface area (Å²) in [5.41, 5.74) is 3.12. The molecule has 3 N–H and O–H groups in total. The molecule has 202 valence electrons. The van der Waals surface area contributed by atoms with Crippen LogP contribution in [0, 0.1) is 0 Å². The zero-order valence-electron chi connectivity index (χ0n) is 21.1. The van der Waals surface area contributed by atoms with E-state index in [9.17, 15) is 19.2 Å². The number of amides is 3. The van der Waals surface area contributed by atoms with E-state index in [2.05, 4.69) is 15.5 Å². The van der Waals surface area contributed by atoms with Gasteiger partial charge in [0.1, 0.15) is 19.1 Å². The van der Waals surface area contributed by atoms with Crippen molar-refractivity contribution in [1.82, 2.24) is 15.1 Å². The molecule has 10 nitrogen and oxygen atoms in total. The van der Waals surface area contributed by atoms with Crippen LogP contribution in [0.2, 0.25) is 5.02 Å². The minimum absolute atomic E-state index is 0.0755. The van der Waals surface area contributed by atoms with Crippen LogP contribution in [0.15, 0.2) is 85.2 Å². The SMILES string of the molecule is O=C(O)c1ccc(NC(=O)C(Cc2ccccc2)N2CC(=O)N(c3cc(Cl)ccc3-c3cn[nH]c3)CC2=O)cc1. The highest BCUT2D eigenvalue weighted by molar-refractivity contribution is 6.31. The number of aromatic nitrogens is 2. The van der Waals surface area contributed by atoms with Gasteiger partial charge in [-0.15, -0.1) is 0 Å². The molecule has 1 unspecified atom stereocenters. The van der Waals surface area contributed by atoms with Crippen LogP contribution in [0.1, 0.15) is 15.9 Å². The predicted octanol–water partition coefficient (Wildman–Crippen LogP) is 3.85. The lowest BCUT2D eigenvalue weighted by Crippen LogP contribution is -2.60. The van der Waals surface area contributed by atoms with Gasteiger partial charge in [-0.1, -0.05) is 48.0 Å². The molecule has 4 aromatic rings. The van der Waals surface area contributed by atoms with Gasteiger partial charge in [0.05, 0.1) is 17.4 Å². The second-order valence-corrected chi connectivity index (χ2v) is 9.66. The summed E-state index contributed by atoms with van der Waals surface area (Å²) < 4.78 is 0. The maximum atomic E-state index is 13.5. The van der Waals surface area contributed by atoms with Crippen molar-refractivity contribution in [2.24, 2.45) is 0 Å². The smallest absolute Gasteiger partial charge is 0.335 e. The van der Waals surface area contributed by atoms with Crippen LogP contribution in [0.4, 0.5) is 11.4 Å². The van der Waals surface area contributed by atoms with Gasteiger partial charge in [-0.2, -0.15) is 5.10 Å². The lowest BCUT2D eigenvalue weighted by molar-refractivity contribution is -0.143. The summed E-state index contributed by atoms with van der Waals surface area (Å²) >= 11 is 6.25. The number of carbonyl (C=O) groups excluding carboxylic acids is 3. The van der Waals surface area contributed by atoms with Crippen LogP contribution in [-0.4, -0.2) is 63.0 Å². The molecule has 1 atom stereocenters. The summed E-state index contributed by atoms with van der Waals surface area (Å²) in [6, 6.07) is 19.0. The van der Waals surface area contributed by atoms with Crippen LogP contribution < -0.4 is 10.2 Å². The number of rotatable bonds is 8. The molecular weight excluding hydrogens is 534 g/mol. The normalized spacial score (nSPS) is 14.2. The van der Waals surface area contributed by atoms with E-state index in [0.717, 1.165) is 11.1 Å². The third-order valence-electron chi connectivity index (χ3n) is 6.63. The molecule has 0 saturated carbocycles. The van der Waals surface area contributed by atoms with Crippen molar-refractivity contribution < 1.29 is 24.3 Å². The molecule has 0 aliphatic carbocycles. The molecule has 1 fully saturated rings. The predicted molar refractivity (Wildman–Crippen MR) is 149 cm³/mol. The maximum Gasteiger partial charge on any atom is 0.335 e. The Hall–Kier alpha value is -4.96. The van der Waals surface area contributed by atoms with E-state index in [1.807, 2.05) is 30.3 Å². The number of piperazine rings is 1. The Morgan fingerprint density at radius 3 is 2.42 bits per heavy atom. The van der Waals surface area contributed by atoms with Crippen molar-refractivity contribution in [1.29, 1.82) is 0 Å². The van der Waals surface area contributed by atoms with E-state index < -0.39 is 23.8 Å². The molecular formula is C29H24ClN5O5. The topological polar surface area (TPSA) is 136 Å². The van der Waals surface area contributed by atoms with Crippen molar-refractivity contribution in [2.75, 3.05) is 23.3 Å². The lowest BCUT2D eigenvalue weighted by Gasteiger charge is -2.38. The van der Waals surface area contributed by atoms with Gasteiger partial charge in [0.25, 0.3) is 0 Å². The van der Waals surface area contributed by atoms with Gasteiger partial charge >= 0.3 is 5.97 Å². The van der Waals surface area contributed by atoms with Gasteiger partial charge < -0.3 is 20.2 Å². The number of carboxylic acid groups (broad SMARTS) is 1. The summed E-state index contributed by atoms with van der Waals surface area (Å²) in [6.45, 7) is -0.602. The van der Waals surface area contributed by atoms with E-state index in [1.165, 1.54) is 34.1 Å². The fourth-order valence-electron chi connectivity index (χ4n) is 4.61. The third-order valence-corrected chi connectivity index (χ3v) is 6.87. The number of H-pyrrole nitrogens is 1. The van der Waals surface area contributed by atoms with Crippen LogP contribution in [0.25, 0.3) is 11.1 Å². The van der Waals surface area contributed by atoms with Gasteiger partial charge in [0.2, 0.25) is 17.7 Å². The van der Waals surface area contributed by atoms with Crippen molar-refractivity contribution >= 4 is 46.7 Å². The first kappa shape index (κ1) is 26.6. The average Bonchev–Trinajstić information content (AvgIpc) is 3.48. The van der Waals surface area contributed by atoms with E-state index in [0.29, 0.717) is 22.0 Å². The third kappa shape index (κ3) is 5.71. The van der Waals surface area contributed by atoms with Crippen molar-refractivity contribution in [3.8, 4) is 11.1 Å². The Labute approximate surface area is 234 Å². The summed E-state index contributed by atoms with van der Waals surface area (Å²) in [5, 5.41) is 19.0. The number of benzene rings is 3. The highest BCUT2D eigenvalue weighted by Crippen LogP contribution is 2.34. The number of anilines is 2. The molecule has 1 saturated heterocycles. The molecule has 1 aliphatic heterocycles. The first-order valence-electron chi connectivity index (χ1n) is 12.4. The molecule has 3 aromatic carbocycles. The Kier molecular flexibility index (Phi) is 7.61. The number of nitrogens with zero attached hydrogens (tertiary/aromatic N) is 3. The second kappa shape index (κ2) is 11.4. The minimum Gasteiger partial charge on any atom is -0.478 e. The van der Waals surface area contributed by atoms with E-state index in [4.69, 9.17) is 16.7 Å². The Bertz CT molecular complexity index is 1560. The molecule has 40 heavy (non-hydrogen) atoms. The highest BCUT2D eigenvalue weighted by Gasteiger charge is 2.39. The van der Waals surface area contributed by atoms with Crippen molar-refractivity contribution in [3.05, 3.63) is 101 Å². The van der Waals surface area contributed by atoms with E-state index >= 15 is 0 Å². The zero-order chi connectivity index (χ0) is 28.2. The summed E-state index contributed by atoms with van der Waals surface area (Å²) in [4.78, 5) is 54.4. The Balaban J connectivity index is 1.42. The number of hydrogen-bond donors (Lipinski definition) is 3. The number of carbonyl (C=O) groups is 4. The number of nitrogens with one attached hydrogen (secondary N) is 2. The monoisotopic (exact) mass is 557 g/mol. The van der Waals surface area contributed by atoms with Gasteiger partial charge in [-0.05, 0) is 42.0 Å². The number of halogens is 1. The quantitative estimate of drug-likeness (QED) is 0.301. The number of aromatic carboxylic acids is 1. The van der Waals surface area contributed by atoms with Crippen LogP contribution in [0.5, 0.6) is 0 Å². The van der Waals surface area contributed by atoms with Gasteiger partial charge in [-0.25, -0.2) is 4.79 Å². The number of carboxylic acids is 1. The van der Waals surface area contributed by atoms with Gasteiger partial charge in [-0.3, -0.25) is 19.5 Å². The lowest BCUT2D eigenvalue weighted by atomic mass is 10.0. The second-order valence-electron chi connectivity index (χ2n) is 9.23. The molecule has 3 amide bonds. The Morgan fingerprint density at radius 2 is 1.75 bits per heavy atom. The zero-order valence-corrected chi connectivity index (χ0v) is 21.8. The molecule has 2 heterocycles. The van der Waals surface area contributed by atoms with Crippen LogP contribution in [0.3, 0.4) is 0 Å². The summed E-state index contributed by atoms with van der Waals surface area (Å²) in [5.74, 6) is -2.36.